The molecule has 1 aliphatic rings. The van der Waals surface area contributed by atoms with Gasteiger partial charge in [-0.1, -0.05) is 78.5 Å². The number of aryl methyl sites for hydroxylation is 1. The summed E-state index contributed by atoms with van der Waals surface area (Å²) in [5.41, 5.74) is 5.31. The zero-order chi connectivity index (χ0) is 25.1. The number of allylic oxidation sites excluding steroid dienone is 2. The van der Waals surface area contributed by atoms with Gasteiger partial charge in [0.15, 0.2) is 5.52 Å². The normalized spacial score (nSPS) is 16.1. The summed E-state index contributed by atoms with van der Waals surface area (Å²) >= 11 is 3.33. The fourth-order valence-corrected chi connectivity index (χ4v) is 6.51. The summed E-state index contributed by atoms with van der Waals surface area (Å²) in [5.74, 6) is 0. The van der Waals surface area contributed by atoms with Crippen LogP contribution in [-0.2, 0) is 5.60 Å². The van der Waals surface area contributed by atoms with Crippen molar-refractivity contribution >= 4 is 40.8 Å². The molecule has 184 valence electrons. The molecule has 5 nitrogen and oxygen atoms in total. The lowest BCUT2D eigenvalue weighted by Crippen LogP contribution is -2.39. The van der Waals surface area contributed by atoms with E-state index >= 15 is 0 Å². The summed E-state index contributed by atoms with van der Waals surface area (Å²) in [6.07, 6.45) is 7.18. The summed E-state index contributed by atoms with van der Waals surface area (Å²) in [6, 6.07) is 18.7. The fourth-order valence-electron chi connectivity index (χ4n) is 4.50. The molecule has 7 heteroatoms. The molecule has 0 saturated carbocycles. The van der Waals surface area contributed by atoms with Crippen LogP contribution in [0.1, 0.15) is 35.1 Å². The minimum absolute atomic E-state index is 0.688. The van der Waals surface area contributed by atoms with Gasteiger partial charge in [0.2, 0.25) is 0 Å². The van der Waals surface area contributed by atoms with Crippen LogP contribution in [-0.4, -0.2) is 32.8 Å². The lowest BCUT2D eigenvalue weighted by Gasteiger charge is -2.38. The number of hydrogen-bond donors (Lipinski definition) is 1. The van der Waals surface area contributed by atoms with Crippen molar-refractivity contribution < 1.29 is 9.74 Å². The van der Waals surface area contributed by atoms with Gasteiger partial charge >= 0.3 is 0 Å². The first kappa shape index (κ1) is 24.8. The van der Waals surface area contributed by atoms with Gasteiger partial charge in [-0.3, -0.25) is 0 Å². The minimum Gasteiger partial charge on any atom is -0.385 e. The molecule has 0 atom stereocenters. The molecule has 1 aromatic heterocycles. The quantitative estimate of drug-likeness (QED) is 0.207. The molecule has 1 fully saturated rings. The molecule has 4 aromatic rings. The number of aromatic nitrogens is 2. The van der Waals surface area contributed by atoms with E-state index in [1.54, 1.807) is 29.8 Å². The number of hydrogen-bond acceptors (Lipinski definition) is 7. The molecule has 0 aliphatic carbocycles. The number of nitrogens with zero attached hydrogens (tertiary/aromatic N) is 3. The standard InChI is InChI=1S/C29H29N3O2S2/c1-4-5-9-22-10-7-12-24(21(22)3)35-25-13-14-26(28-27(25)30-34-31-28)36-32-17-15-29(33,16-18-32)23-11-6-8-20(2)19-23/h4-14,19,33H,1,15-18H2,2-3H3/b9-5-. The van der Waals surface area contributed by atoms with E-state index in [2.05, 4.69) is 83.6 Å². The molecule has 2 heterocycles. The third-order valence-corrected chi connectivity index (χ3v) is 8.99. The number of piperidine rings is 1. The first-order valence-corrected chi connectivity index (χ1v) is 13.6. The highest BCUT2D eigenvalue weighted by Gasteiger charge is 2.34. The minimum atomic E-state index is -0.776. The predicted octanol–water partition coefficient (Wildman–Crippen LogP) is 7.18. The average molecular weight is 516 g/mol. The van der Waals surface area contributed by atoms with Crippen LogP contribution in [0.25, 0.3) is 17.1 Å². The van der Waals surface area contributed by atoms with Crippen LogP contribution in [0.5, 0.6) is 0 Å². The Balaban J connectivity index is 1.32. The SMILES string of the molecule is C=C/C=C\c1cccc(Sc2ccc(SN3CCC(O)(c4cccc(C)c4)CC3)c3nonc23)c1C. The molecule has 0 amide bonds. The Kier molecular flexibility index (Phi) is 7.34. The summed E-state index contributed by atoms with van der Waals surface area (Å²) < 4.78 is 7.47. The Hall–Kier alpha value is -2.84. The third-order valence-electron chi connectivity index (χ3n) is 6.63. The maximum Gasteiger partial charge on any atom is 0.151 e. The van der Waals surface area contributed by atoms with E-state index in [4.69, 9.17) is 4.63 Å². The maximum atomic E-state index is 11.3. The highest BCUT2D eigenvalue weighted by atomic mass is 32.2. The third kappa shape index (κ3) is 5.15. The Bertz CT molecular complexity index is 1420. The number of aliphatic hydroxyl groups is 1. The van der Waals surface area contributed by atoms with Crippen molar-refractivity contribution in [1.29, 1.82) is 0 Å². The summed E-state index contributed by atoms with van der Waals surface area (Å²) in [4.78, 5) is 3.18. The van der Waals surface area contributed by atoms with Crippen LogP contribution < -0.4 is 0 Å². The fraction of sp³-hybridized carbons (Fsp3) is 0.241. The first-order valence-electron chi connectivity index (χ1n) is 12.0. The topological polar surface area (TPSA) is 62.4 Å². The lowest BCUT2D eigenvalue weighted by molar-refractivity contribution is -0.00807. The predicted molar refractivity (Wildman–Crippen MR) is 148 cm³/mol. The van der Waals surface area contributed by atoms with Crippen molar-refractivity contribution in [3.8, 4) is 0 Å². The van der Waals surface area contributed by atoms with E-state index in [0.717, 1.165) is 49.9 Å². The van der Waals surface area contributed by atoms with Crippen molar-refractivity contribution in [2.24, 2.45) is 0 Å². The second-order valence-electron chi connectivity index (χ2n) is 9.11. The Labute approximate surface area is 220 Å². The summed E-state index contributed by atoms with van der Waals surface area (Å²) in [6.45, 7) is 9.51. The van der Waals surface area contributed by atoms with Gasteiger partial charge in [-0.25, -0.2) is 8.93 Å². The maximum absolute atomic E-state index is 11.3. The Morgan fingerprint density at radius 1 is 0.972 bits per heavy atom. The molecule has 5 rings (SSSR count). The molecular weight excluding hydrogens is 486 g/mol. The molecule has 1 N–H and O–H groups in total. The molecule has 0 bridgehead atoms. The molecule has 1 aliphatic heterocycles. The van der Waals surface area contributed by atoms with Crippen molar-refractivity contribution in [2.45, 2.75) is 47.0 Å². The molecule has 1 saturated heterocycles. The number of rotatable bonds is 7. The van der Waals surface area contributed by atoms with Crippen molar-refractivity contribution in [2.75, 3.05) is 13.1 Å². The Morgan fingerprint density at radius 2 is 1.69 bits per heavy atom. The van der Waals surface area contributed by atoms with Crippen LogP contribution in [0.4, 0.5) is 0 Å². The number of fused-ring (bicyclic) bond motifs is 1. The first-order chi connectivity index (χ1) is 17.5. The molecule has 3 aromatic carbocycles. The zero-order valence-electron chi connectivity index (χ0n) is 20.5. The highest BCUT2D eigenvalue weighted by molar-refractivity contribution is 7.99. The number of benzene rings is 3. The average Bonchev–Trinajstić information content (AvgIpc) is 3.38. The Morgan fingerprint density at radius 3 is 2.44 bits per heavy atom. The second-order valence-corrected chi connectivity index (χ2v) is 11.3. The van der Waals surface area contributed by atoms with Crippen LogP contribution >= 0.6 is 23.7 Å². The van der Waals surface area contributed by atoms with Crippen molar-refractivity contribution in [1.82, 2.24) is 14.6 Å². The van der Waals surface area contributed by atoms with Gasteiger partial charge in [-0.2, -0.15) is 0 Å². The zero-order valence-corrected chi connectivity index (χ0v) is 22.1. The van der Waals surface area contributed by atoms with Gasteiger partial charge in [-0.15, -0.1) is 0 Å². The molecule has 0 radical (unpaired) electrons. The van der Waals surface area contributed by atoms with E-state index in [0.29, 0.717) is 12.8 Å². The van der Waals surface area contributed by atoms with E-state index in [9.17, 15) is 5.11 Å². The molecule has 36 heavy (non-hydrogen) atoms. The van der Waals surface area contributed by atoms with Gasteiger partial charge in [0.1, 0.15) is 5.52 Å². The monoisotopic (exact) mass is 515 g/mol. The molecular formula is C29H29N3O2S2. The van der Waals surface area contributed by atoms with Gasteiger partial charge in [0, 0.05) is 22.9 Å². The van der Waals surface area contributed by atoms with Crippen molar-refractivity contribution in [3.63, 3.8) is 0 Å². The van der Waals surface area contributed by atoms with Crippen LogP contribution in [0.3, 0.4) is 0 Å². The molecule has 0 spiro atoms. The van der Waals surface area contributed by atoms with Gasteiger partial charge in [0.05, 0.1) is 10.5 Å². The summed E-state index contributed by atoms with van der Waals surface area (Å²) in [7, 11) is 0. The van der Waals surface area contributed by atoms with Gasteiger partial charge in [-0.05, 0) is 83.8 Å². The highest BCUT2D eigenvalue weighted by Crippen LogP contribution is 2.41. The lowest BCUT2D eigenvalue weighted by atomic mass is 9.84. The molecule has 0 unspecified atom stereocenters. The second kappa shape index (κ2) is 10.6. The van der Waals surface area contributed by atoms with E-state index < -0.39 is 5.60 Å². The van der Waals surface area contributed by atoms with Crippen molar-refractivity contribution in [3.05, 3.63) is 95.6 Å². The van der Waals surface area contributed by atoms with Crippen LogP contribution in [0, 0.1) is 13.8 Å². The van der Waals surface area contributed by atoms with E-state index in [1.807, 2.05) is 18.2 Å². The smallest absolute Gasteiger partial charge is 0.151 e. The van der Waals surface area contributed by atoms with Crippen LogP contribution in [0.15, 0.2) is 92.6 Å². The largest absolute Gasteiger partial charge is 0.385 e. The van der Waals surface area contributed by atoms with E-state index in [1.165, 1.54) is 11.1 Å². The van der Waals surface area contributed by atoms with E-state index in [-0.39, 0.29) is 0 Å². The van der Waals surface area contributed by atoms with Gasteiger partial charge < -0.3 is 5.11 Å². The summed E-state index contributed by atoms with van der Waals surface area (Å²) in [5, 5.41) is 19.7. The van der Waals surface area contributed by atoms with Gasteiger partial charge in [0.25, 0.3) is 0 Å². The van der Waals surface area contributed by atoms with Crippen LogP contribution in [0.2, 0.25) is 0 Å².